The van der Waals surface area contributed by atoms with Crippen LogP contribution >= 0.6 is 0 Å². The molecule has 2 aromatic heterocycles. The van der Waals surface area contributed by atoms with E-state index in [9.17, 15) is 9.59 Å². The van der Waals surface area contributed by atoms with Gasteiger partial charge < -0.3 is 28.6 Å². The van der Waals surface area contributed by atoms with Crippen LogP contribution in [0, 0.1) is 5.92 Å². The van der Waals surface area contributed by atoms with Crippen molar-refractivity contribution in [3.05, 3.63) is 114 Å². The highest BCUT2D eigenvalue weighted by molar-refractivity contribution is 5.98. The fraction of sp³-hybridized carbons (Fsp3) is 0.366. The highest BCUT2D eigenvalue weighted by Gasteiger charge is 2.42. The number of amides is 1. The van der Waals surface area contributed by atoms with E-state index in [-0.39, 0.29) is 23.0 Å². The minimum absolute atomic E-state index is 0.0551. The van der Waals surface area contributed by atoms with E-state index in [1.807, 2.05) is 58.0 Å². The Balaban J connectivity index is 1.03. The summed E-state index contributed by atoms with van der Waals surface area (Å²) >= 11 is 0. The van der Waals surface area contributed by atoms with E-state index in [1.165, 1.54) is 5.56 Å². The maximum absolute atomic E-state index is 14.0. The summed E-state index contributed by atoms with van der Waals surface area (Å²) in [7, 11) is 4.67. The van der Waals surface area contributed by atoms with Gasteiger partial charge >= 0.3 is 0 Å². The molecule has 7 rings (SSSR count). The third-order valence-corrected chi connectivity index (χ3v) is 10.7. The van der Waals surface area contributed by atoms with E-state index < -0.39 is 0 Å². The fourth-order valence-electron chi connectivity index (χ4n) is 7.86. The molecule has 10 heteroatoms. The molecular weight excluding hydrogens is 642 g/mol. The Morgan fingerprint density at radius 2 is 1.55 bits per heavy atom. The molecule has 51 heavy (non-hydrogen) atoms. The number of aromatic nitrogens is 3. The van der Waals surface area contributed by atoms with Gasteiger partial charge in [-0.05, 0) is 87.3 Å². The van der Waals surface area contributed by atoms with Crippen molar-refractivity contribution in [3.8, 4) is 17.2 Å². The number of imidazole rings is 1. The number of Topliss-reactive ketones (excluding diaryl/α,β-unsaturated/α-hetero) is 1. The molecule has 0 spiro atoms. The van der Waals surface area contributed by atoms with Gasteiger partial charge in [0.15, 0.2) is 17.3 Å². The first kappa shape index (κ1) is 34.2. The van der Waals surface area contributed by atoms with Crippen molar-refractivity contribution in [2.45, 2.75) is 37.6 Å². The lowest BCUT2D eigenvalue weighted by atomic mass is 9.76. The molecule has 4 heterocycles. The summed E-state index contributed by atoms with van der Waals surface area (Å²) in [5.74, 6) is 1.87. The van der Waals surface area contributed by atoms with Crippen molar-refractivity contribution in [1.29, 1.82) is 0 Å². The number of carbonyl (C=O) groups is 2. The summed E-state index contributed by atoms with van der Waals surface area (Å²) in [5.41, 5.74) is 4.25. The zero-order valence-corrected chi connectivity index (χ0v) is 29.6. The number of ketones is 1. The van der Waals surface area contributed by atoms with Crippen molar-refractivity contribution in [3.63, 3.8) is 0 Å². The summed E-state index contributed by atoms with van der Waals surface area (Å²) in [6.07, 6.45) is 5.14. The molecule has 2 saturated heterocycles. The minimum Gasteiger partial charge on any atom is -0.493 e. The average Bonchev–Trinajstić information content (AvgIpc) is 3.79. The average molecular weight is 688 g/mol. The fourth-order valence-corrected chi connectivity index (χ4v) is 7.86. The number of benzene rings is 3. The molecule has 3 aromatic carbocycles. The van der Waals surface area contributed by atoms with E-state index in [0.29, 0.717) is 48.3 Å². The van der Waals surface area contributed by atoms with Gasteiger partial charge in [0.1, 0.15) is 0 Å². The van der Waals surface area contributed by atoms with Crippen LogP contribution in [0.2, 0.25) is 0 Å². The Morgan fingerprint density at radius 1 is 0.843 bits per heavy atom. The normalized spacial score (nSPS) is 18.2. The zero-order chi connectivity index (χ0) is 35.4. The molecule has 1 atom stereocenters. The zero-order valence-electron chi connectivity index (χ0n) is 29.6. The number of fused-ring (bicyclic) bond motifs is 1. The SMILES string of the molecule is COc1cc(C(=O)N2CCC(CCN3CCC(C(=O)c4nc5ccccc5n4Cc4ccccn4)CC3)(c3ccccc3)C2)cc(OC)c1OC. The predicted molar refractivity (Wildman–Crippen MR) is 196 cm³/mol. The second-order valence-electron chi connectivity index (χ2n) is 13.6. The number of ether oxygens (including phenoxy) is 3. The molecule has 2 aliphatic rings. The molecule has 0 N–H and O–H groups in total. The maximum atomic E-state index is 14.0. The number of methoxy groups -OCH3 is 3. The molecule has 1 unspecified atom stereocenters. The van der Waals surface area contributed by atoms with E-state index in [4.69, 9.17) is 19.2 Å². The van der Waals surface area contributed by atoms with Gasteiger partial charge in [-0.1, -0.05) is 48.5 Å². The van der Waals surface area contributed by atoms with Gasteiger partial charge in [-0.15, -0.1) is 0 Å². The number of para-hydroxylation sites is 2. The van der Waals surface area contributed by atoms with Crippen LogP contribution < -0.4 is 14.2 Å². The molecular formula is C41H45N5O5. The Hall–Kier alpha value is -5.22. The summed E-state index contributed by atoms with van der Waals surface area (Å²) in [5, 5.41) is 0. The molecule has 0 aliphatic carbocycles. The number of pyridine rings is 1. The van der Waals surface area contributed by atoms with Crippen LogP contribution in [-0.4, -0.2) is 90.1 Å². The molecule has 1 amide bonds. The van der Waals surface area contributed by atoms with Gasteiger partial charge in [0.25, 0.3) is 5.91 Å². The Kier molecular flexibility index (Phi) is 10.0. The predicted octanol–water partition coefficient (Wildman–Crippen LogP) is 6.27. The second kappa shape index (κ2) is 14.9. The Labute approximate surface area is 299 Å². The van der Waals surface area contributed by atoms with Gasteiger partial charge in [-0.2, -0.15) is 0 Å². The van der Waals surface area contributed by atoms with Crippen LogP contribution in [0.4, 0.5) is 0 Å². The smallest absolute Gasteiger partial charge is 0.254 e. The highest BCUT2D eigenvalue weighted by Crippen LogP contribution is 2.41. The number of piperidine rings is 1. The van der Waals surface area contributed by atoms with Crippen molar-refractivity contribution < 1.29 is 23.8 Å². The number of carbonyl (C=O) groups excluding carboxylic acids is 2. The topological polar surface area (TPSA) is 99.0 Å². The van der Waals surface area contributed by atoms with Crippen LogP contribution in [0.1, 0.15) is 57.9 Å². The maximum Gasteiger partial charge on any atom is 0.254 e. The van der Waals surface area contributed by atoms with Crippen LogP contribution in [0.25, 0.3) is 11.0 Å². The first-order valence-electron chi connectivity index (χ1n) is 17.7. The molecule has 10 nitrogen and oxygen atoms in total. The molecule has 0 saturated carbocycles. The van der Waals surface area contributed by atoms with Gasteiger partial charge in [0.05, 0.1) is 44.6 Å². The lowest BCUT2D eigenvalue weighted by Gasteiger charge is -2.36. The van der Waals surface area contributed by atoms with Crippen molar-refractivity contribution in [1.82, 2.24) is 24.3 Å². The molecule has 5 aromatic rings. The third-order valence-electron chi connectivity index (χ3n) is 10.7. The van der Waals surface area contributed by atoms with Gasteiger partial charge in [-0.3, -0.25) is 14.6 Å². The van der Waals surface area contributed by atoms with E-state index in [1.54, 1.807) is 39.7 Å². The lowest BCUT2D eigenvalue weighted by Crippen LogP contribution is -2.41. The molecule has 0 radical (unpaired) electrons. The minimum atomic E-state index is -0.180. The van der Waals surface area contributed by atoms with Crippen LogP contribution in [0.5, 0.6) is 17.2 Å². The number of rotatable bonds is 12. The van der Waals surface area contributed by atoms with Crippen molar-refractivity contribution in [2.24, 2.45) is 5.92 Å². The lowest BCUT2D eigenvalue weighted by molar-refractivity contribution is 0.0777. The first-order valence-corrected chi connectivity index (χ1v) is 17.7. The summed E-state index contributed by atoms with van der Waals surface area (Å²) in [6, 6.07) is 27.8. The number of hydrogen-bond donors (Lipinski definition) is 0. The van der Waals surface area contributed by atoms with E-state index >= 15 is 0 Å². The molecule has 2 fully saturated rings. The van der Waals surface area contributed by atoms with Gasteiger partial charge in [0.2, 0.25) is 11.5 Å². The standard InChI is InChI=1S/C41H45N5O5/c1-49-35-25-30(26-36(50-2)38(35)51-3)40(48)45-24-19-41(28-45,31-11-5-4-6-12-31)18-23-44-21-16-29(17-22-44)37(47)39-43-33-14-7-8-15-34(33)46(39)27-32-13-9-10-20-42-32/h4-15,20,25-26,29H,16-19,21-24,27-28H2,1-3H3. The molecule has 264 valence electrons. The Bertz CT molecular complexity index is 1970. The Morgan fingerprint density at radius 3 is 2.24 bits per heavy atom. The van der Waals surface area contributed by atoms with Crippen LogP contribution in [-0.2, 0) is 12.0 Å². The summed E-state index contributed by atoms with van der Waals surface area (Å²) in [4.78, 5) is 41.7. The largest absolute Gasteiger partial charge is 0.493 e. The van der Waals surface area contributed by atoms with Crippen molar-refractivity contribution in [2.75, 3.05) is 54.1 Å². The van der Waals surface area contributed by atoms with E-state index in [0.717, 1.165) is 62.0 Å². The number of hydrogen-bond acceptors (Lipinski definition) is 8. The van der Waals surface area contributed by atoms with Crippen molar-refractivity contribution >= 4 is 22.7 Å². The number of likely N-dealkylation sites (tertiary alicyclic amines) is 2. The second-order valence-corrected chi connectivity index (χ2v) is 13.6. The van der Waals surface area contributed by atoms with Gasteiger partial charge in [-0.25, -0.2) is 4.98 Å². The quantitative estimate of drug-likeness (QED) is 0.142. The van der Waals surface area contributed by atoms with Crippen LogP contribution in [0.15, 0.2) is 91.1 Å². The summed E-state index contributed by atoms with van der Waals surface area (Å²) in [6.45, 7) is 4.35. The third kappa shape index (κ3) is 6.93. The summed E-state index contributed by atoms with van der Waals surface area (Å²) < 4.78 is 18.6. The molecule has 2 aliphatic heterocycles. The highest BCUT2D eigenvalue weighted by atomic mass is 16.5. The van der Waals surface area contributed by atoms with Crippen LogP contribution in [0.3, 0.4) is 0 Å². The monoisotopic (exact) mass is 687 g/mol. The van der Waals surface area contributed by atoms with Gasteiger partial charge in [0, 0.05) is 36.2 Å². The molecule has 0 bridgehead atoms. The first-order chi connectivity index (χ1) is 24.9. The number of nitrogens with zero attached hydrogens (tertiary/aromatic N) is 5. The van der Waals surface area contributed by atoms with E-state index in [2.05, 4.69) is 34.1 Å².